The average molecular weight is 254 g/mol. The van der Waals surface area contributed by atoms with Crippen LogP contribution in [0.1, 0.15) is 17.9 Å². The molecule has 0 spiro atoms. The Hall–Kier alpha value is -1.13. The van der Waals surface area contributed by atoms with Crippen LogP contribution in [0.3, 0.4) is 0 Å². The van der Waals surface area contributed by atoms with Crippen LogP contribution < -0.4 is 5.32 Å². The Balaban J connectivity index is 2.05. The van der Waals surface area contributed by atoms with Crippen LogP contribution in [-0.4, -0.2) is 29.5 Å². The van der Waals surface area contributed by atoms with E-state index in [4.69, 9.17) is 11.6 Å². The number of H-pyrrole nitrogens is 1. The molecule has 0 amide bonds. The summed E-state index contributed by atoms with van der Waals surface area (Å²) in [4.78, 5) is 0. The van der Waals surface area contributed by atoms with Gasteiger partial charge in [-0.1, -0.05) is 11.6 Å². The summed E-state index contributed by atoms with van der Waals surface area (Å²) in [5, 5.41) is 11.5. The summed E-state index contributed by atoms with van der Waals surface area (Å²) in [6.45, 7) is 1.24. The van der Waals surface area contributed by atoms with Crippen LogP contribution in [-0.2, 0) is 0 Å². The Morgan fingerprint density at radius 2 is 2.29 bits per heavy atom. The third-order valence-corrected chi connectivity index (χ3v) is 3.69. The average Bonchev–Trinajstić information content (AvgIpc) is 2.76. The maximum absolute atomic E-state index is 13.9. The highest BCUT2D eigenvalue weighted by molar-refractivity contribution is 6.32. The van der Waals surface area contributed by atoms with Gasteiger partial charge >= 0.3 is 0 Å². The van der Waals surface area contributed by atoms with Crippen molar-refractivity contribution in [2.45, 2.75) is 18.5 Å². The van der Waals surface area contributed by atoms with Gasteiger partial charge in [0.1, 0.15) is 6.17 Å². The number of hydrogen-bond donors (Lipinski definition) is 2. The summed E-state index contributed by atoms with van der Waals surface area (Å²) in [6, 6.07) is 3.78. The van der Waals surface area contributed by atoms with Gasteiger partial charge in [-0.2, -0.15) is 5.10 Å². The van der Waals surface area contributed by atoms with Gasteiger partial charge in [-0.3, -0.25) is 5.10 Å². The van der Waals surface area contributed by atoms with E-state index < -0.39 is 6.17 Å². The fourth-order valence-electron chi connectivity index (χ4n) is 2.44. The van der Waals surface area contributed by atoms with Crippen LogP contribution in [0.5, 0.6) is 0 Å². The fourth-order valence-corrected chi connectivity index (χ4v) is 2.75. The molecule has 2 aromatic rings. The second-order valence-corrected chi connectivity index (χ2v) is 4.85. The molecule has 1 fully saturated rings. The van der Waals surface area contributed by atoms with Gasteiger partial charge in [0.2, 0.25) is 0 Å². The maximum Gasteiger partial charge on any atom is 0.119 e. The molecular weight excluding hydrogens is 241 g/mol. The third-order valence-electron chi connectivity index (χ3n) is 3.37. The van der Waals surface area contributed by atoms with Gasteiger partial charge in [0.25, 0.3) is 0 Å². The lowest BCUT2D eigenvalue weighted by atomic mass is 9.88. The lowest BCUT2D eigenvalue weighted by Crippen LogP contribution is -2.36. The molecule has 0 aliphatic carbocycles. The summed E-state index contributed by atoms with van der Waals surface area (Å²) in [5.74, 6) is -0.114. The standard InChI is InChI=1S/C12H13ClFN3/c13-10-3-7-5-16-17-12(7)4-9(10)8-1-2-15-6-11(8)14/h3-5,8,11,15H,1-2,6H2,(H,16,17)/t8?,11-/m1/s1. The number of aromatic nitrogens is 2. The van der Waals surface area contributed by atoms with E-state index in [1.54, 1.807) is 6.20 Å². The molecule has 17 heavy (non-hydrogen) atoms. The summed E-state index contributed by atoms with van der Waals surface area (Å²) in [6.07, 6.45) is 1.63. The van der Waals surface area contributed by atoms with Crippen molar-refractivity contribution < 1.29 is 4.39 Å². The number of aromatic amines is 1. The molecule has 0 bridgehead atoms. The SMILES string of the molecule is F[C@@H]1CNCCC1c1cc2[nH]ncc2cc1Cl. The molecule has 3 nitrogen and oxygen atoms in total. The topological polar surface area (TPSA) is 40.7 Å². The van der Waals surface area contributed by atoms with Gasteiger partial charge in [0.05, 0.1) is 11.7 Å². The Kier molecular flexibility index (Phi) is 2.76. The quantitative estimate of drug-likeness (QED) is 0.820. The van der Waals surface area contributed by atoms with Crippen molar-refractivity contribution in [2.24, 2.45) is 0 Å². The van der Waals surface area contributed by atoms with E-state index >= 15 is 0 Å². The summed E-state index contributed by atoms with van der Waals surface area (Å²) in [7, 11) is 0. The molecule has 0 radical (unpaired) electrons. The minimum Gasteiger partial charge on any atom is -0.314 e. The highest BCUT2D eigenvalue weighted by Gasteiger charge is 2.28. The fraction of sp³-hybridized carbons (Fsp3) is 0.417. The molecule has 2 atom stereocenters. The molecule has 1 aliphatic rings. The first-order chi connectivity index (χ1) is 8.25. The van der Waals surface area contributed by atoms with Gasteiger partial charge in [0, 0.05) is 22.9 Å². The second kappa shape index (κ2) is 4.27. The van der Waals surface area contributed by atoms with Crippen molar-refractivity contribution in [1.82, 2.24) is 15.5 Å². The molecule has 1 aromatic carbocycles. The number of hydrogen-bond acceptors (Lipinski definition) is 2. The number of nitrogens with zero attached hydrogens (tertiary/aromatic N) is 1. The van der Waals surface area contributed by atoms with Crippen LogP contribution in [0.25, 0.3) is 10.9 Å². The highest BCUT2D eigenvalue weighted by Crippen LogP contribution is 2.34. The first-order valence-corrected chi connectivity index (χ1v) is 6.11. The van der Waals surface area contributed by atoms with Crippen LogP contribution in [0.4, 0.5) is 4.39 Å². The maximum atomic E-state index is 13.9. The van der Waals surface area contributed by atoms with Crippen molar-refractivity contribution in [3.63, 3.8) is 0 Å². The monoisotopic (exact) mass is 253 g/mol. The molecule has 90 valence electrons. The Labute approximate surface area is 103 Å². The number of piperidine rings is 1. The number of nitrogens with one attached hydrogen (secondary N) is 2. The zero-order chi connectivity index (χ0) is 11.8. The van der Waals surface area contributed by atoms with E-state index in [0.29, 0.717) is 11.6 Å². The summed E-state index contributed by atoms with van der Waals surface area (Å²) < 4.78 is 13.9. The molecular formula is C12H13ClFN3. The molecule has 2 heterocycles. The van der Waals surface area contributed by atoms with E-state index in [1.807, 2.05) is 12.1 Å². The molecule has 5 heteroatoms. The van der Waals surface area contributed by atoms with Crippen LogP contribution in [0, 0.1) is 0 Å². The molecule has 3 rings (SSSR count). The predicted octanol–water partition coefficient (Wildman–Crippen LogP) is 2.63. The van der Waals surface area contributed by atoms with Gasteiger partial charge in [0.15, 0.2) is 0 Å². The molecule has 0 saturated carbocycles. The Bertz CT molecular complexity index is 540. The zero-order valence-electron chi connectivity index (χ0n) is 9.21. The Morgan fingerprint density at radius 3 is 3.12 bits per heavy atom. The van der Waals surface area contributed by atoms with Crippen LogP contribution in [0.2, 0.25) is 5.02 Å². The molecule has 2 N–H and O–H groups in total. The van der Waals surface area contributed by atoms with Crippen molar-refractivity contribution in [1.29, 1.82) is 0 Å². The summed E-state index contributed by atoms with van der Waals surface area (Å²) >= 11 is 6.23. The van der Waals surface area contributed by atoms with E-state index in [2.05, 4.69) is 15.5 Å². The molecule has 1 unspecified atom stereocenters. The van der Waals surface area contributed by atoms with E-state index in [1.165, 1.54) is 0 Å². The lowest BCUT2D eigenvalue weighted by Gasteiger charge is -2.27. The minimum absolute atomic E-state index is 0.114. The van der Waals surface area contributed by atoms with E-state index in [9.17, 15) is 4.39 Å². The highest BCUT2D eigenvalue weighted by atomic mass is 35.5. The van der Waals surface area contributed by atoms with Crippen LogP contribution in [0.15, 0.2) is 18.3 Å². The number of alkyl halides is 1. The number of rotatable bonds is 1. The van der Waals surface area contributed by atoms with Crippen molar-refractivity contribution in [2.75, 3.05) is 13.1 Å². The van der Waals surface area contributed by atoms with Gasteiger partial charge in [-0.05, 0) is 30.7 Å². The molecule has 1 aliphatic heterocycles. The Morgan fingerprint density at radius 1 is 1.41 bits per heavy atom. The largest absolute Gasteiger partial charge is 0.314 e. The number of halogens is 2. The van der Waals surface area contributed by atoms with Crippen molar-refractivity contribution in [3.05, 3.63) is 28.9 Å². The van der Waals surface area contributed by atoms with Gasteiger partial charge in [-0.15, -0.1) is 0 Å². The van der Waals surface area contributed by atoms with Crippen LogP contribution >= 0.6 is 11.6 Å². The summed E-state index contributed by atoms with van der Waals surface area (Å²) in [5.41, 5.74) is 1.80. The lowest BCUT2D eigenvalue weighted by molar-refractivity contribution is 0.231. The first kappa shape index (κ1) is 11.0. The van der Waals surface area contributed by atoms with E-state index in [0.717, 1.165) is 29.4 Å². The predicted molar refractivity (Wildman–Crippen MR) is 66.2 cm³/mol. The molecule has 1 aromatic heterocycles. The zero-order valence-corrected chi connectivity index (χ0v) is 9.97. The molecule has 1 saturated heterocycles. The van der Waals surface area contributed by atoms with Gasteiger partial charge in [-0.25, -0.2) is 4.39 Å². The van der Waals surface area contributed by atoms with Crippen molar-refractivity contribution >= 4 is 22.5 Å². The number of fused-ring (bicyclic) bond motifs is 1. The smallest absolute Gasteiger partial charge is 0.119 e. The second-order valence-electron chi connectivity index (χ2n) is 4.45. The first-order valence-electron chi connectivity index (χ1n) is 5.73. The van der Waals surface area contributed by atoms with E-state index in [-0.39, 0.29) is 5.92 Å². The van der Waals surface area contributed by atoms with Gasteiger partial charge < -0.3 is 5.32 Å². The third kappa shape index (κ3) is 1.91. The van der Waals surface area contributed by atoms with Crippen molar-refractivity contribution in [3.8, 4) is 0 Å². The number of benzene rings is 1. The normalized spacial score (nSPS) is 25.3. The minimum atomic E-state index is -0.873.